The second-order valence-corrected chi connectivity index (χ2v) is 3.27. The molecule has 0 atom stereocenters. The van der Waals surface area contributed by atoms with E-state index in [-0.39, 0.29) is 5.01 Å². The molecule has 1 aromatic rings. The van der Waals surface area contributed by atoms with Crippen LogP contribution in [0.15, 0.2) is 5.38 Å². The van der Waals surface area contributed by atoms with Crippen LogP contribution in [0.25, 0.3) is 0 Å². The molecule has 0 amide bonds. The summed E-state index contributed by atoms with van der Waals surface area (Å²) in [5, 5.41) is 9.03. The summed E-state index contributed by atoms with van der Waals surface area (Å²) in [4.78, 5) is 13.3. The van der Waals surface area contributed by atoms with E-state index in [9.17, 15) is 18.0 Å². The van der Waals surface area contributed by atoms with Gasteiger partial charge in [-0.2, -0.15) is 13.2 Å². The fraction of sp³-hybridized carbons (Fsp3) is 0.250. The van der Waals surface area contributed by atoms with E-state index in [4.69, 9.17) is 5.11 Å². The van der Waals surface area contributed by atoms with E-state index >= 15 is 0 Å². The predicted octanol–water partition coefficient (Wildman–Crippen LogP) is 1.99. The van der Waals surface area contributed by atoms with Gasteiger partial charge in [-0.25, -0.2) is 4.98 Å². The van der Waals surface area contributed by atoms with Gasteiger partial charge in [0.15, 0.2) is 10.7 Å². The second kappa shape index (κ2) is 4.31. The number of aromatic nitrogens is 1. The second-order valence-electron chi connectivity index (χ2n) is 2.41. The molecule has 0 saturated heterocycles. The fourth-order valence-electron chi connectivity index (χ4n) is 0.657. The number of carboxylic acids is 1. The number of halogens is 3. The number of nitrogens with zero attached hydrogens (tertiary/aromatic N) is 1. The lowest BCUT2D eigenvalue weighted by atomic mass is 10.4. The summed E-state index contributed by atoms with van der Waals surface area (Å²) >= 11 is 0.730. The molecule has 0 aromatic carbocycles. The molecule has 0 spiro atoms. The van der Waals surface area contributed by atoms with Crippen LogP contribution in [0.1, 0.15) is 17.1 Å². The van der Waals surface area contributed by atoms with E-state index in [1.165, 1.54) is 0 Å². The number of rotatable bonds is 1. The summed E-state index contributed by atoms with van der Waals surface area (Å²) in [5.74, 6) is 3.31. The lowest BCUT2D eigenvalue weighted by molar-refractivity contribution is -0.140. The van der Waals surface area contributed by atoms with Crippen LogP contribution in [0.5, 0.6) is 0 Å². The van der Waals surface area contributed by atoms with Crippen LogP contribution < -0.4 is 0 Å². The van der Waals surface area contributed by atoms with Crippen molar-refractivity contribution in [1.82, 2.24) is 4.98 Å². The molecular formula is C8H4F3NO2S. The van der Waals surface area contributed by atoms with Crippen molar-refractivity contribution >= 4 is 17.3 Å². The molecule has 1 heterocycles. The number of aliphatic carboxylic acids is 1. The van der Waals surface area contributed by atoms with Gasteiger partial charge in [-0.05, 0) is 5.92 Å². The monoisotopic (exact) mass is 235 g/mol. The lowest BCUT2D eigenvalue weighted by Crippen LogP contribution is -2.04. The Morgan fingerprint density at radius 3 is 2.73 bits per heavy atom. The van der Waals surface area contributed by atoms with E-state index in [0.717, 1.165) is 16.7 Å². The summed E-state index contributed by atoms with van der Waals surface area (Å²) in [7, 11) is 0. The Labute approximate surface area is 86.6 Å². The average molecular weight is 235 g/mol. The van der Waals surface area contributed by atoms with Gasteiger partial charge in [-0.3, -0.25) is 4.79 Å². The molecule has 15 heavy (non-hydrogen) atoms. The SMILES string of the molecule is O=C(O)CC#Cc1nc(C(F)(F)F)cs1. The van der Waals surface area contributed by atoms with Crippen LogP contribution in [0.2, 0.25) is 0 Å². The van der Waals surface area contributed by atoms with Gasteiger partial charge in [0.1, 0.15) is 6.42 Å². The normalized spacial score (nSPS) is 10.6. The van der Waals surface area contributed by atoms with Gasteiger partial charge >= 0.3 is 12.1 Å². The summed E-state index contributed by atoms with van der Waals surface area (Å²) in [6.07, 6.45) is -4.90. The van der Waals surface area contributed by atoms with Crippen molar-refractivity contribution in [2.45, 2.75) is 12.6 Å². The number of alkyl halides is 3. The van der Waals surface area contributed by atoms with Gasteiger partial charge in [0.2, 0.25) is 0 Å². The molecule has 1 N–H and O–H groups in total. The molecule has 0 aliphatic heterocycles. The Hall–Kier alpha value is -1.55. The minimum absolute atomic E-state index is 0.0384. The van der Waals surface area contributed by atoms with Crippen molar-refractivity contribution in [3.63, 3.8) is 0 Å². The summed E-state index contributed by atoms with van der Waals surface area (Å²) < 4.78 is 36.2. The van der Waals surface area contributed by atoms with E-state index in [1.54, 1.807) is 0 Å². The maximum atomic E-state index is 12.1. The zero-order valence-corrected chi connectivity index (χ0v) is 7.95. The van der Waals surface area contributed by atoms with Gasteiger partial charge in [-0.15, -0.1) is 11.3 Å². The first-order valence-electron chi connectivity index (χ1n) is 3.63. The van der Waals surface area contributed by atoms with Crippen LogP contribution in [0.4, 0.5) is 13.2 Å². The molecule has 80 valence electrons. The molecule has 7 heteroatoms. The molecule has 1 aromatic heterocycles. The van der Waals surface area contributed by atoms with Crippen LogP contribution in [-0.4, -0.2) is 16.1 Å². The Bertz CT molecular complexity index is 427. The van der Waals surface area contributed by atoms with Gasteiger partial charge < -0.3 is 5.11 Å². The number of hydrogen-bond donors (Lipinski definition) is 1. The van der Waals surface area contributed by atoms with E-state index < -0.39 is 24.3 Å². The van der Waals surface area contributed by atoms with E-state index in [1.807, 2.05) is 0 Å². The van der Waals surface area contributed by atoms with Crippen LogP contribution in [0.3, 0.4) is 0 Å². The lowest BCUT2D eigenvalue weighted by Gasteiger charge is -1.98. The predicted molar refractivity (Wildman–Crippen MR) is 46.2 cm³/mol. The molecule has 3 nitrogen and oxygen atoms in total. The molecule has 0 aliphatic rings. The molecule has 0 radical (unpaired) electrons. The van der Waals surface area contributed by atoms with Crippen LogP contribution in [0, 0.1) is 11.8 Å². The molecule has 0 saturated carbocycles. The van der Waals surface area contributed by atoms with Crippen molar-refractivity contribution in [3.8, 4) is 11.8 Å². The van der Waals surface area contributed by atoms with Gasteiger partial charge in [0, 0.05) is 5.38 Å². The zero-order valence-electron chi connectivity index (χ0n) is 7.13. The zero-order chi connectivity index (χ0) is 11.5. The molecule has 0 unspecified atom stereocenters. The topological polar surface area (TPSA) is 50.2 Å². The number of hydrogen-bond acceptors (Lipinski definition) is 3. The third-order valence-corrected chi connectivity index (χ3v) is 1.99. The highest BCUT2D eigenvalue weighted by Gasteiger charge is 2.33. The highest BCUT2D eigenvalue weighted by molar-refractivity contribution is 7.10. The Kier molecular flexibility index (Phi) is 3.31. The largest absolute Gasteiger partial charge is 0.481 e. The Morgan fingerprint density at radius 1 is 1.60 bits per heavy atom. The molecule has 1 rings (SSSR count). The van der Waals surface area contributed by atoms with Crippen molar-refractivity contribution in [2.75, 3.05) is 0 Å². The van der Waals surface area contributed by atoms with E-state index in [0.29, 0.717) is 0 Å². The molecular weight excluding hydrogens is 231 g/mol. The average Bonchev–Trinajstić information content (AvgIpc) is 2.51. The van der Waals surface area contributed by atoms with Crippen LogP contribution in [-0.2, 0) is 11.0 Å². The Balaban J connectivity index is 2.76. The van der Waals surface area contributed by atoms with Gasteiger partial charge in [-0.1, -0.05) is 5.92 Å². The number of carbonyl (C=O) groups is 1. The third-order valence-electron chi connectivity index (χ3n) is 1.23. The van der Waals surface area contributed by atoms with Crippen molar-refractivity contribution in [2.24, 2.45) is 0 Å². The third kappa shape index (κ3) is 3.59. The minimum Gasteiger partial charge on any atom is -0.481 e. The minimum atomic E-state index is -4.48. The molecule has 0 aliphatic carbocycles. The quantitative estimate of drug-likeness (QED) is 0.757. The number of carboxylic acid groups (broad SMARTS) is 1. The van der Waals surface area contributed by atoms with Gasteiger partial charge in [0.25, 0.3) is 0 Å². The summed E-state index contributed by atoms with van der Waals surface area (Å²) in [6, 6.07) is 0. The molecule has 0 fully saturated rings. The highest BCUT2D eigenvalue weighted by Crippen LogP contribution is 2.29. The maximum absolute atomic E-state index is 12.1. The van der Waals surface area contributed by atoms with Gasteiger partial charge in [0.05, 0.1) is 0 Å². The molecule has 0 bridgehead atoms. The smallest absolute Gasteiger partial charge is 0.434 e. The summed E-state index contributed by atoms with van der Waals surface area (Å²) in [5.41, 5.74) is -1.01. The first-order chi connectivity index (χ1) is 6.89. The van der Waals surface area contributed by atoms with E-state index in [2.05, 4.69) is 16.8 Å². The maximum Gasteiger partial charge on any atom is 0.434 e. The number of thiazole rings is 1. The first-order valence-corrected chi connectivity index (χ1v) is 4.51. The fourth-order valence-corrected chi connectivity index (χ4v) is 1.35. The summed E-state index contributed by atoms with van der Waals surface area (Å²) in [6.45, 7) is 0. The Morgan fingerprint density at radius 2 is 2.27 bits per heavy atom. The standard InChI is InChI=1S/C8H4F3NO2S/c9-8(10,11)5-4-15-6(12-5)2-1-3-7(13)14/h4H,3H2,(H,13,14). The first kappa shape index (κ1) is 11.5. The van der Waals surface area contributed by atoms with Crippen molar-refractivity contribution < 1.29 is 23.1 Å². The van der Waals surface area contributed by atoms with Crippen molar-refractivity contribution in [1.29, 1.82) is 0 Å². The van der Waals surface area contributed by atoms with Crippen molar-refractivity contribution in [3.05, 3.63) is 16.1 Å². The van der Waals surface area contributed by atoms with Crippen LogP contribution >= 0.6 is 11.3 Å². The highest BCUT2D eigenvalue weighted by atomic mass is 32.1.